The Labute approximate surface area is 152 Å². The highest BCUT2D eigenvalue weighted by atomic mass is 16.5. The molecule has 1 rings (SSSR count). The molecule has 4 nitrogen and oxygen atoms in total. The lowest BCUT2D eigenvalue weighted by Gasteiger charge is -2.23. The highest BCUT2D eigenvalue weighted by Crippen LogP contribution is 2.33. The number of carbonyl (C=O) groups is 2. The Morgan fingerprint density at radius 3 is 2.16 bits per heavy atom. The van der Waals surface area contributed by atoms with Gasteiger partial charge in [-0.2, -0.15) is 0 Å². The summed E-state index contributed by atoms with van der Waals surface area (Å²) in [5.41, 5.74) is 2.54. The maximum Gasteiger partial charge on any atom is 0.305 e. The number of hydrogen-bond donors (Lipinski definition) is 0. The third kappa shape index (κ3) is 6.22. The zero-order chi connectivity index (χ0) is 18.8. The number of unbranched alkanes of at least 4 members (excludes halogenated alkanes) is 6. The average molecular weight is 344 g/mol. The highest BCUT2D eigenvalue weighted by molar-refractivity contribution is 6.41. The topological polar surface area (TPSA) is 52.6 Å². The van der Waals surface area contributed by atoms with Crippen LogP contribution in [0.25, 0.3) is 0 Å². The molecule has 0 aromatic carbocycles. The second-order valence-electron chi connectivity index (χ2n) is 6.41. The molecular formula is C20H29BO4. The second-order valence-corrected chi connectivity index (χ2v) is 6.41. The SMILES string of the molecule is [B]C1=C(OC)C(=C)C(CCCCCCCCCC(=O)OC)=C(C)C1=O. The van der Waals surface area contributed by atoms with Crippen molar-refractivity contribution in [3.8, 4) is 0 Å². The van der Waals surface area contributed by atoms with Crippen LogP contribution in [0.5, 0.6) is 0 Å². The lowest BCUT2D eigenvalue weighted by molar-refractivity contribution is -0.140. The van der Waals surface area contributed by atoms with Crippen LogP contribution in [0, 0.1) is 0 Å². The first-order chi connectivity index (χ1) is 11.9. The van der Waals surface area contributed by atoms with Crippen molar-refractivity contribution in [2.24, 2.45) is 0 Å². The first kappa shape index (κ1) is 21.3. The van der Waals surface area contributed by atoms with Crippen molar-refractivity contribution in [3.63, 3.8) is 0 Å². The fraction of sp³-hybridized carbons (Fsp3) is 0.600. The van der Waals surface area contributed by atoms with E-state index in [2.05, 4.69) is 11.3 Å². The number of allylic oxidation sites excluding steroid dienone is 3. The molecule has 0 aliphatic heterocycles. The molecule has 2 radical (unpaired) electrons. The molecule has 0 aromatic rings. The van der Waals surface area contributed by atoms with Crippen LogP contribution in [0.1, 0.15) is 64.7 Å². The summed E-state index contributed by atoms with van der Waals surface area (Å²) in [4.78, 5) is 23.2. The molecular weight excluding hydrogens is 315 g/mol. The van der Waals surface area contributed by atoms with Crippen LogP contribution in [0.3, 0.4) is 0 Å². The summed E-state index contributed by atoms with van der Waals surface area (Å²) in [5, 5.41) is 0. The van der Waals surface area contributed by atoms with Crippen LogP contribution in [-0.2, 0) is 19.1 Å². The normalized spacial score (nSPS) is 15.0. The van der Waals surface area contributed by atoms with Gasteiger partial charge in [0.1, 0.15) is 13.6 Å². The molecule has 0 bridgehead atoms. The van der Waals surface area contributed by atoms with E-state index in [0.29, 0.717) is 17.8 Å². The van der Waals surface area contributed by atoms with Crippen molar-refractivity contribution in [1.29, 1.82) is 0 Å². The van der Waals surface area contributed by atoms with Crippen LogP contribution in [0.4, 0.5) is 0 Å². The number of carbonyl (C=O) groups excluding carboxylic acids is 2. The van der Waals surface area contributed by atoms with Gasteiger partial charge in [-0.05, 0) is 42.8 Å². The molecule has 0 amide bonds. The van der Waals surface area contributed by atoms with Gasteiger partial charge in [-0.3, -0.25) is 9.59 Å². The second kappa shape index (κ2) is 11.0. The molecule has 0 aromatic heterocycles. The van der Waals surface area contributed by atoms with E-state index in [-0.39, 0.29) is 17.2 Å². The van der Waals surface area contributed by atoms with Crippen molar-refractivity contribution in [1.82, 2.24) is 0 Å². The Bertz CT molecular complexity index is 572. The number of methoxy groups -OCH3 is 2. The van der Waals surface area contributed by atoms with E-state index in [9.17, 15) is 9.59 Å². The third-order valence-corrected chi connectivity index (χ3v) is 4.66. The van der Waals surface area contributed by atoms with Gasteiger partial charge in [-0.15, -0.1) is 0 Å². The lowest BCUT2D eigenvalue weighted by atomic mass is 9.77. The fourth-order valence-electron chi connectivity index (χ4n) is 3.10. The van der Waals surface area contributed by atoms with Crippen molar-refractivity contribution in [2.75, 3.05) is 14.2 Å². The maximum atomic E-state index is 12.2. The zero-order valence-corrected chi connectivity index (χ0v) is 15.8. The Morgan fingerprint density at radius 1 is 1.04 bits per heavy atom. The molecule has 0 saturated heterocycles. The predicted octanol–water partition coefficient (Wildman–Crippen LogP) is 4.15. The van der Waals surface area contributed by atoms with E-state index < -0.39 is 0 Å². The molecule has 25 heavy (non-hydrogen) atoms. The molecule has 0 spiro atoms. The van der Waals surface area contributed by atoms with E-state index in [1.165, 1.54) is 14.2 Å². The van der Waals surface area contributed by atoms with Gasteiger partial charge >= 0.3 is 5.97 Å². The number of hydrogen-bond acceptors (Lipinski definition) is 4. The molecule has 0 atom stereocenters. The molecule has 0 N–H and O–H groups in total. The first-order valence-corrected chi connectivity index (χ1v) is 8.98. The molecule has 0 fully saturated rings. The Hall–Kier alpha value is -1.78. The zero-order valence-electron chi connectivity index (χ0n) is 15.8. The minimum absolute atomic E-state index is 0.129. The van der Waals surface area contributed by atoms with E-state index in [1.807, 2.05) is 6.92 Å². The van der Waals surface area contributed by atoms with E-state index in [1.54, 1.807) is 0 Å². The highest BCUT2D eigenvalue weighted by Gasteiger charge is 2.25. The van der Waals surface area contributed by atoms with E-state index in [4.69, 9.17) is 12.6 Å². The van der Waals surface area contributed by atoms with Gasteiger partial charge in [-0.25, -0.2) is 0 Å². The van der Waals surface area contributed by atoms with Crippen LogP contribution >= 0.6 is 0 Å². The van der Waals surface area contributed by atoms with Crippen LogP contribution in [-0.4, -0.2) is 33.8 Å². The predicted molar refractivity (Wildman–Crippen MR) is 100 cm³/mol. The standard InChI is InChI=1S/C20H29BO4/c1-14-16(15(2)20(25-4)18(21)19(14)23)12-10-8-6-5-7-9-11-13-17(22)24-3/h2,5-13H2,1,3-4H3. The first-order valence-electron chi connectivity index (χ1n) is 8.98. The number of ether oxygens (including phenoxy) is 2. The summed E-state index contributed by atoms with van der Waals surface area (Å²) in [6.45, 7) is 5.85. The van der Waals surface area contributed by atoms with Gasteiger partial charge in [0, 0.05) is 12.0 Å². The number of rotatable bonds is 11. The molecule has 1 aliphatic rings. The number of Topliss-reactive ketones (excluding diaryl/α,β-unsaturated/α-hetero) is 1. The van der Waals surface area contributed by atoms with E-state index in [0.717, 1.165) is 62.5 Å². The van der Waals surface area contributed by atoms with Gasteiger partial charge in [0.05, 0.1) is 14.2 Å². The monoisotopic (exact) mass is 344 g/mol. The molecule has 5 heteroatoms. The summed E-state index contributed by atoms with van der Waals surface area (Å²) in [6.07, 6.45) is 8.86. The van der Waals surface area contributed by atoms with Gasteiger partial charge in [0.25, 0.3) is 0 Å². The summed E-state index contributed by atoms with van der Waals surface area (Å²) >= 11 is 0. The lowest BCUT2D eigenvalue weighted by Crippen LogP contribution is -2.18. The van der Waals surface area contributed by atoms with Gasteiger partial charge in [-0.1, -0.05) is 38.7 Å². The molecule has 0 saturated carbocycles. The molecule has 0 unspecified atom stereocenters. The Balaban J connectivity index is 2.27. The molecule has 1 aliphatic carbocycles. The quantitative estimate of drug-likeness (QED) is 0.321. The number of ketones is 1. The molecule has 136 valence electrons. The minimum atomic E-state index is -0.148. The van der Waals surface area contributed by atoms with Gasteiger partial charge in [0.15, 0.2) is 5.78 Å². The third-order valence-electron chi connectivity index (χ3n) is 4.66. The van der Waals surface area contributed by atoms with Crippen molar-refractivity contribution in [2.45, 2.75) is 64.7 Å². The smallest absolute Gasteiger partial charge is 0.305 e. The van der Waals surface area contributed by atoms with Crippen molar-refractivity contribution in [3.05, 3.63) is 34.5 Å². The Kier molecular flexibility index (Phi) is 9.32. The summed E-state index contributed by atoms with van der Waals surface area (Å²) in [7, 11) is 8.76. The van der Waals surface area contributed by atoms with Crippen molar-refractivity contribution < 1.29 is 19.1 Å². The summed E-state index contributed by atoms with van der Waals surface area (Å²) in [5.74, 6) is 0.136. The van der Waals surface area contributed by atoms with Crippen LogP contribution in [0.15, 0.2) is 34.5 Å². The largest absolute Gasteiger partial charge is 0.497 e. The Morgan fingerprint density at radius 2 is 1.60 bits per heavy atom. The fourth-order valence-corrected chi connectivity index (χ4v) is 3.10. The van der Waals surface area contributed by atoms with Crippen LogP contribution in [0.2, 0.25) is 0 Å². The van der Waals surface area contributed by atoms with Gasteiger partial charge in [0.2, 0.25) is 0 Å². The van der Waals surface area contributed by atoms with Crippen molar-refractivity contribution >= 4 is 19.6 Å². The summed E-state index contributed by atoms with van der Waals surface area (Å²) in [6, 6.07) is 0. The number of esters is 1. The minimum Gasteiger partial charge on any atom is -0.497 e. The maximum absolute atomic E-state index is 12.2. The summed E-state index contributed by atoms with van der Waals surface area (Å²) < 4.78 is 9.86. The van der Waals surface area contributed by atoms with E-state index >= 15 is 0 Å². The van der Waals surface area contributed by atoms with Crippen LogP contribution < -0.4 is 0 Å². The van der Waals surface area contributed by atoms with Gasteiger partial charge < -0.3 is 9.47 Å². The molecule has 0 heterocycles. The average Bonchev–Trinajstić information content (AvgIpc) is 2.61.